The van der Waals surface area contributed by atoms with E-state index in [-0.39, 0.29) is 24.0 Å². The average Bonchev–Trinajstić information content (AvgIpc) is 3.17. The molecule has 0 heterocycles. The second kappa shape index (κ2) is 6.27. The Bertz CT molecular complexity index is 467. The molecule has 0 aromatic heterocycles. The van der Waals surface area contributed by atoms with Crippen molar-refractivity contribution in [1.82, 2.24) is 5.32 Å². The van der Waals surface area contributed by atoms with Gasteiger partial charge >= 0.3 is 0 Å². The van der Waals surface area contributed by atoms with Crippen molar-refractivity contribution >= 4 is 11.6 Å². The lowest BCUT2D eigenvalue weighted by Gasteiger charge is -2.17. The highest BCUT2D eigenvalue weighted by atomic mass is 16.3. The van der Waals surface area contributed by atoms with Crippen molar-refractivity contribution in [3.63, 3.8) is 0 Å². The Kier molecular flexibility index (Phi) is 4.65. The molecular weight excluding hydrogens is 252 g/mol. The van der Waals surface area contributed by atoms with Crippen molar-refractivity contribution < 1.29 is 9.90 Å². The zero-order chi connectivity index (χ0) is 14.6. The van der Waals surface area contributed by atoms with Crippen molar-refractivity contribution in [2.24, 2.45) is 5.41 Å². The van der Waals surface area contributed by atoms with Crippen LogP contribution >= 0.6 is 0 Å². The van der Waals surface area contributed by atoms with Crippen molar-refractivity contribution in [3.05, 3.63) is 29.8 Å². The Morgan fingerprint density at radius 1 is 1.35 bits per heavy atom. The number of anilines is 1. The largest absolute Gasteiger partial charge is 0.396 e. The van der Waals surface area contributed by atoms with Gasteiger partial charge in [0.25, 0.3) is 5.91 Å². The maximum Gasteiger partial charge on any atom is 0.253 e. The second-order valence-electron chi connectivity index (χ2n) is 6.00. The quantitative estimate of drug-likeness (QED) is 0.716. The first-order valence-corrected chi connectivity index (χ1v) is 7.31. The van der Waals surface area contributed by atoms with Crippen molar-refractivity contribution in [2.45, 2.75) is 39.2 Å². The zero-order valence-electron chi connectivity index (χ0n) is 12.3. The van der Waals surface area contributed by atoms with E-state index in [1.165, 1.54) is 0 Å². The molecule has 0 aliphatic heterocycles. The van der Waals surface area contributed by atoms with Crippen LogP contribution in [0.4, 0.5) is 5.69 Å². The topological polar surface area (TPSA) is 61.4 Å². The molecule has 2 rings (SSSR count). The van der Waals surface area contributed by atoms with Crippen LogP contribution in [0.15, 0.2) is 24.3 Å². The first kappa shape index (κ1) is 14.9. The van der Waals surface area contributed by atoms with Crippen LogP contribution in [0.25, 0.3) is 0 Å². The highest BCUT2D eigenvalue weighted by Gasteiger charge is 2.41. The van der Waals surface area contributed by atoms with Crippen LogP contribution in [0, 0.1) is 5.41 Å². The number of rotatable bonds is 7. The molecule has 0 unspecified atom stereocenters. The summed E-state index contributed by atoms with van der Waals surface area (Å²) in [5.41, 5.74) is 1.69. The Labute approximate surface area is 120 Å². The highest BCUT2D eigenvalue weighted by Crippen LogP contribution is 2.47. The van der Waals surface area contributed by atoms with Gasteiger partial charge in [0.1, 0.15) is 0 Å². The van der Waals surface area contributed by atoms with E-state index < -0.39 is 0 Å². The fourth-order valence-electron chi connectivity index (χ4n) is 2.41. The predicted octanol–water partition coefficient (Wildman–Crippen LogP) is 2.40. The van der Waals surface area contributed by atoms with E-state index in [1.54, 1.807) is 0 Å². The smallest absolute Gasteiger partial charge is 0.253 e. The third kappa shape index (κ3) is 3.73. The number of nitrogens with one attached hydrogen (secondary N) is 2. The molecule has 4 heteroatoms. The second-order valence-corrected chi connectivity index (χ2v) is 6.00. The van der Waals surface area contributed by atoms with Crippen LogP contribution in [0.3, 0.4) is 0 Å². The van der Waals surface area contributed by atoms with E-state index >= 15 is 0 Å². The van der Waals surface area contributed by atoms with Crippen LogP contribution < -0.4 is 10.6 Å². The Morgan fingerprint density at radius 2 is 2.05 bits per heavy atom. The molecule has 1 fully saturated rings. The van der Waals surface area contributed by atoms with Gasteiger partial charge in [-0.25, -0.2) is 0 Å². The summed E-state index contributed by atoms with van der Waals surface area (Å²) in [5.74, 6) is -0.0436. The molecule has 0 saturated heterocycles. The minimum atomic E-state index is -0.0436. The third-order valence-electron chi connectivity index (χ3n) is 3.84. The Hall–Kier alpha value is -1.55. The summed E-state index contributed by atoms with van der Waals surface area (Å²) >= 11 is 0. The first-order valence-electron chi connectivity index (χ1n) is 7.31. The van der Waals surface area contributed by atoms with E-state index in [9.17, 15) is 4.79 Å². The molecule has 1 amide bonds. The molecule has 0 radical (unpaired) electrons. The van der Waals surface area contributed by atoms with E-state index in [2.05, 4.69) is 24.5 Å². The molecule has 1 aromatic carbocycles. The molecule has 4 nitrogen and oxygen atoms in total. The number of aliphatic hydroxyl groups is 1. The number of hydrogen-bond donors (Lipinski definition) is 3. The molecule has 1 aromatic rings. The number of carbonyl (C=O) groups excluding carboxylic acids is 1. The molecular formula is C16H24N2O2. The van der Waals surface area contributed by atoms with E-state index in [4.69, 9.17) is 5.11 Å². The normalized spacial score (nSPS) is 16.0. The maximum atomic E-state index is 12.3. The van der Waals surface area contributed by atoms with Crippen LogP contribution in [0.1, 0.15) is 43.5 Å². The standard InChI is InChI=1S/C16H24N2O2/c1-12(2)18-14-6-4-3-5-13(14)15(20)17-11-16(7-8-16)9-10-19/h3-6,12,18-19H,7-11H2,1-2H3,(H,17,20). The fourth-order valence-corrected chi connectivity index (χ4v) is 2.41. The summed E-state index contributed by atoms with van der Waals surface area (Å²) in [5, 5.41) is 15.3. The van der Waals surface area contributed by atoms with E-state index in [1.807, 2.05) is 24.3 Å². The summed E-state index contributed by atoms with van der Waals surface area (Å²) in [6, 6.07) is 7.85. The van der Waals surface area contributed by atoms with Gasteiger partial charge in [-0.05, 0) is 50.7 Å². The highest BCUT2D eigenvalue weighted by molar-refractivity contribution is 5.99. The van der Waals surface area contributed by atoms with Gasteiger partial charge in [-0.2, -0.15) is 0 Å². The molecule has 0 spiro atoms. The third-order valence-corrected chi connectivity index (χ3v) is 3.84. The van der Waals surface area contributed by atoms with Crippen LogP contribution in [-0.4, -0.2) is 30.2 Å². The van der Waals surface area contributed by atoms with Gasteiger partial charge in [0.15, 0.2) is 0 Å². The number of para-hydroxylation sites is 1. The summed E-state index contributed by atoms with van der Waals surface area (Å²) in [6.07, 6.45) is 2.97. The van der Waals surface area contributed by atoms with Crippen LogP contribution in [0.2, 0.25) is 0 Å². The maximum absolute atomic E-state index is 12.3. The van der Waals surface area contributed by atoms with E-state index in [0.717, 1.165) is 24.9 Å². The molecule has 1 saturated carbocycles. The van der Waals surface area contributed by atoms with Crippen molar-refractivity contribution in [3.8, 4) is 0 Å². The number of benzene rings is 1. The lowest BCUT2D eigenvalue weighted by atomic mass is 10.0. The summed E-state index contributed by atoms with van der Waals surface area (Å²) < 4.78 is 0. The lowest BCUT2D eigenvalue weighted by Crippen LogP contribution is -2.31. The molecule has 3 N–H and O–H groups in total. The molecule has 20 heavy (non-hydrogen) atoms. The molecule has 0 atom stereocenters. The molecule has 1 aliphatic carbocycles. The van der Waals surface area contributed by atoms with Gasteiger partial charge in [-0.3, -0.25) is 4.79 Å². The lowest BCUT2D eigenvalue weighted by molar-refractivity contribution is 0.0941. The number of aliphatic hydroxyl groups excluding tert-OH is 1. The van der Waals surface area contributed by atoms with Gasteiger partial charge in [-0.1, -0.05) is 12.1 Å². The number of hydrogen-bond acceptors (Lipinski definition) is 3. The van der Waals surface area contributed by atoms with Gasteiger partial charge in [0.2, 0.25) is 0 Å². The fraction of sp³-hybridized carbons (Fsp3) is 0.562. The zero-order valence-corrected chi connectivity index (χ0v) is 12.3. The van der Waals surface area contributed by atoms with Gasteiger partial charge in [0.05, 0.1) is 5.56 Å². The minimum absolute atomic E-state index is 0.0436. The first-order chi connectivity index (χ1) is 9.56. The molecule has 1 aliphatic rings. The Morgan fingerprint density at radius 3 is 2.65 bits per heavy atom. The van der Waals surface area contributed by atoms with Gasteiger partial charge in [0, 0.05) is 24.9 Å². The number of carbonyl (C=O) groups is 1. The SMILES string of the molecule is CC(C)Nc1ccccc1C(=O)NCC1(CCO)CC1. The summed E-state index contributed by atoms with van der Waals surface area (Å²) in [6.45, 7) is 4.95. The molecule has 110 valence electrons. The summed E-state index contributed by atoms with van der Waals surface area (Å²) in [7, 11) is 0. The average molecular weight is 276 g/mol. The summed E-state index contributed by atoms with van der Waals surface area (Å²) in [4.78, 5) is 12.3. The van der Waals surface area contributed by atoms with Crippen molar-refractivity contribution in [1.29, 1.82) is 0 Å². The van der Waals surface area contributed by atoms with Gasteiger partial charge < -0.3 is 15.7 Å². The minimum Gasteiger partial charge on any atom is -0.396 e. The van der Waals surface area contributed by atoms with Crippen LogP contribution in [0.5, 0.6) is 0 Å². The Balaban J connectivity index is 1.98. The molecule has 0 bridgehead atoms. The predicted molar refractivity (Wildman–Crippen MR) is 80.9 cm³/mol. The van der Waals surface area contributed by atoms with Gasteiger partial charge in [-0.15, -0.1) is 0 Å². The monoisotopic (exact) mass is 276 g/mol. The van der Waals surface area contributed by atoms with Crippen molar-refractivity contribution in [2.75, 3.05) is 18.5 Å². The van der Waals surface area contributed by atoms with E-state index in [0.29, 0.717) is 12.1 Å². The number of amides is 1. The van der Waals surface area contributed by atoms with Crippen LogP contribution in [-0.2, 0) is 0 Å².